The Morgan fingerprint density at radius 2 is 2.05 bits per heavy atom. The number of fused-ring (bicyclic) bond motifs is 2. The number of nitrogens with one attached hydrogen (secondary N) is 1. The van der Waals surface area contributed by atoms with E-state index in [9.17, 15) is 0 Å². The Morgan fingerprint density at radius 3 is 2.81 bits per heavy atom. The normalized spacial score (nSPS) is 11.0. The fraction of sp³-hybridized carbons (Fsp3) is 0.250. The van der Waals surface area contributed by atoms with Gasteiger partial charge in [0.05, 0.1) is 20.8 Å². The van der Waals surface area contributed by atoms with Gasteiger partial charge in [-0.25, -0.2) is 9.56 Å². The molecular formula is C16H19N4S+. The number of rotatable bonds is 3. The molecule has 21 heavy (non-hydrogen) atoms. The third-order valence-electron chi connectivity index (χ3n) is 3.35. The maximum absolute atomic E-state index is 5.53. The molecule has 0 fully saturated rings. The minimum absolute atomic E-state index is 0.629. The number of nitrogens with two attached hydrogens (primary N) is 1. The summed E-state index contributed by atoms with van der Waals surface area (Å²) in [6, 6.07) is 12.6. The second-order valence-electron chi connectivity index (χ2n) is 5.16. The van der Waals surface area contributed by atoms with Crippen molar-refractivity contribution < 1.29 is 0 Å². The van der Waals surface area contributed by atoms with Crippen molar-refractivity contribution in [2.24, 2.45) is 5.73 Å². The van der Waals surface area contributed by atoms with Gasteiger partial charge in [-0.05, 0) is 24.3 Å². The van der Waals surface area contributed by atoms with Crippen LogP contribution < -0.4 is 21.0 Å². The highest BCUT2D eigenvalue weighted by Gasteiger charge is 2.09. The first-order valence-corrected chi connectivity index (χ1v) is 7.78. The zero-order chi connectivity index (χ0) is 14.8. The van der Waals surface area contributed by atoms with Gasteiger partial charge in [0.15, 0.2) is 0 Å². The van der Waals surface area contributed by atoms with Crippen molar-refractivity contribution in [3.8, 4) is 10.6 Å². The number of anilines is 1. The molecule has 0 atom stereocenters. The lowest BCUT2D eigenvalue weighted by Crippen LogP contribution is -2.21. The smallest absolute Gasteiger partial charge is 0.201 e. The Hall–Kier alpha value is -1.98. The molecule has 0 unspecified atom stereocenters. The SMILES string of the molecule is C[N+](C)=c1ccc2nc3ccc(NCCN)cc3sc-2c1. The van der Waals surface area contributed by atoms with Gasteiger partial charge in [-0.3, -0.25) is 0 Å². The summed E-state index contributed by atoms with van der Waals surface area (Å²) >= 11 is 1.77. The van der Waals surface area contributed by atoms with Gasteiger partial charge in [0.2, 0.25) is 5.36 Å². The van der Waals surface area contributed by atoms with Crippen LogP contribution in [0.2, 0.25) is 0 Å². The van der Waals surface area contributed by atoms with E-state index in [1.807, 2.05) is 0 Å². The molecule has 0 spiro atoms. The summed E-state index contributed by atoms with van der Waals surface area (Å²) in [5, 5.41) is 4.50. The van der Waals surface area contributed by atoms with E-state index in [0.717, 1.165) is 23.4 Å². The van der Waals surface area contributed by atoms with Crippen LogP contribution in [0.1, 0.15) is 0 Å². The second kappa shape index (κ2) is 5.79. The Bertz CT molecular complexity index is 818. The molecule has 1 aliphatic heterocycles. The molecule has 0 radical (unpaired) electrons. The fourth-order valence-electron chi connectivity index (χ4n) is 2.22. The van der Waals surface area contributed by atoms with E-state index in [1.165, 1.54) is 14.9 Å². The molecule has 108 valence electrons. The monoisotopic (exact) mass is 299 g/mol. The van der Waals surface area contributed by atoms with Gasteiger partial charge >= 0.3 is 0 Å². The molecule has 3 N–H and O–H groups in total. The van der Waals surface area contributed by atoms with Gasteiger partial charge in [-0.1, -0.05) is 0 Å². The van der Waals surface area contributed by atoms with Crippen molar-refractivity contribution in [1.29, 1.82) is 0 Å². The van der Waals surface area contributed by atoms with Crippen LogP contribution in [0.5, 0.6) is 0 Å². The molecule has 0 aromatic heterocycles. The summed E-state index contributed by atoms with van der Waals surface area (Å²) in [4.78, 5) is 5.94. The van der Waals surface area contributed by atoms with Crippen LogP contribution in [0.15, 0.2) is 36.4 Å². The molecule has 1 heterocycles. The summed E-state index contributed by atoms with van der Waals surface area (Å²) in [7, 11) is 4.10. The molecule has 1 aromatic rings. The van der Waals surface area contributed by atoms with E-state index < -0.39 is 0 Å². The van der Waals surface area contributed by atoms with Crippen molar-refractivity contribution >= 4 is 27.2 Å². The van der Waals surface area contributed by atoms with E-state index in [4.69, 9.17) is 10.7 Å². The summed E-state index contributed by atoms with van der Waals surface area (Å²) in [6.07, 6.45) is 0. The average Bonchev–Trinajstić information content (AvgIpc) is 2.50. The van der Waals surface area contributed by atoms with Crippen LogP contribution in [-0.2, 0) is 0 Å². The third-order valence-corrected chi connectivity index (χ3v) is 4.45. The number of hydrogen-bond acceptors (Lipinski definition) is 4. The highest BCUT2D eigenvalue weighted by molar-refractivity contribution is 7.21. The first-order chi connectivity index (χ1) is 10.2. The quantitative estimate of drug-likeness (QED) is 0.573. The summed E-state index contributed by atoms with van der Waals surface area (Å²) in [5.74, 6) is 0. The maximum Gasteiger partial charge on any atom is 0.201 e. The van der Waals surface area contributed by atoms with Crippen LogP contribution in [0, 0.1) is 0 Å². The van der Waals surface area contributed by atoms with Gasteiger partial charge in [0.1, 0.15) is 14.1 Å². The van der Waals surface area contributed by atoms with Crippen molar-refractivity contribution in [2.45, 2.75) is 0 Å². The molecular weight excluding hydrogens is 280 g/mol. The summed E-state index contributed by atoms with van der Waals surface area (Å²) in [6.45, 7) is 1.41. The molecule has 0 bridgehead atoms. The van der Waals surface area contributed by atoms with Crippen molar-refractivity contribution in [2.75, 3.05) is 32.5 Å². The largest absolute Gasteiger partial charge is 0.384 e. The highest BCUT2D eigenvalue weighted by Crippen LogP contribution is 2.30. The Morgan fingerprint density at radius 1 is 1.19 bits per heavy atom. The molecule has 0 amide bonds. The standard InChI is InChI=1S/C16H18N4S/c1-20(2)12-4-6-14-16(10-12)21-15-9-11(18-8-7-17)3-5-13(15)19-14/h3-6,9-10H,7-8,17H2,1-2H3/p+1. The van der Waals surface area contributed by atoms with E-state index >= 15 is 0 Å². The van der Waals surface area contributed by atoms with Gasteiger partial charge in [0, 0.05) is 30.9 Å². The molecule has 4 nitrogen and oxygen atoms in total. The minimum Gasteiger partial charge on any atom is -0.384 e. The minimum atomic E-state index is 0.629. The molecule has 0 saturated heterocycles. The molecule has 5 heteroatoms. The Kier molecular flexibility index (Phi) is 3.86. The van der Waals surface area contributed by atoms with E-state index in [0.29, 0.717) is 6.54 Å². The van der Waals surface area contributed by atoms with E-state index in [-0.39, 0.29) is 0 Å². The number of nitrogens with zero attached hydrogens (tertiary/aromatic N) is 2. The first-order valence-electron chi connectivity index (χ1n) is 6.96. The predicted molar refractivity (Wildman–Crippen MR) is 90.9 cm³/mol. The zero-order valence-electron chi connectivity index (χ0n) is 12.3. The summed E-state index contributed by atoms with van der Waals surface area (Å²) < 4.78 is 3.29. The number of aromatic nitrogens is 1. The molecule has 1 aliphatic carbocycles. The van der Waals surface area contributed by atoms with Crippen LogP contribution in [0.4, 0.5) is 5.69 Å². The fourth-order valence-corrected chi connectivity index (χ4v) is 3.26. The van der Waals surface area contributed by atoms with Gasteiger partial charge < -0.3 is 11.1 Å². The lowest BCUT2D eigenvalue weighted by molar-refractivity contribution is 0.814. The molecule has 2 aliphatic rings. The van der Waals surface area contributed by atoms with Gasteiger partial charge in [-0.2, -0.15) is 0 Å². The molecule has 0 saturated carbocycles. The van der Waals surface area contributed by atoms with Gasteiger partial charge in [0.25, 0.3) is 0 Å². The Balaban J connectivity index is 2.16. The Labute approximate surface area is 127 Å². The number of benzene rings is 2. The summed E-state index contributed by atoms with van der Waals surface area (Å²) in [5.41, 5.74) is 8.70. The van der Waals surface area contributed by atoms with Gasteiger partial charge in [-0.15, -0.1) is 11.3 Å². The van der Waals surface area contributed by atoms with Crippen molar-refractivity contribution in [3.63, 3.8) is 0 Å². The van der Waals surface area contributed by atoms with Crippen molar-refractivity contribution in [3.05, 3.63) is 41.8 Å². The average molecular weight is 299 g/mol. The predicted octanol–water partition coefficient (Wildman–Crippen LogP) is 1.80. The maximum atomic E-state index is 5.53. The topological polar surface area (TPSA) is 54.0 Å². The second-order valence-corrected chi connectivity index (χ2v) is 6.24. The third kappa shape index (κ3) is 2.89. The molecule has 1 aromatic carbocycles. The highest BCUT2D eigenvalue weighted by atomic mass is 32.1. The van der Waals surface area contributed by atoms with Crippen LogP contribution in [-0.4, -0.2) is 32.2 Å². The molecule has 3 rings (SSSR count). The van der Waals surface area contributed by atoms with E-state index in [2.05, 4.69) is 60.4 Å². The number of hydrogen-bond donors (Lipinski definition) is 2. The van der Waals surface area contributed by atoms with Crippen LogP contribution >= 0.6 is 11.3 Å². The van der Waals surface area contributed by atoms with Crippen molar-refractivity contribution in [1.82, 2.24) is 9.56 Å². The first kappa shape index (κ1) is 14.0. The lowest BCUT2D eigenvalue weighted by atomic mass is 10.2. The zero-order valence-corrected chi connectivity index (χ0v) is 13.1. The van der Waals surface area contributed by atoms with Crippen LogP contribution in [0.25, 0.3) is 20.8 Å². The van der Waals surface area contributed by atoms with E-state index in [1.54, 1.807) is 11.3 Å². The lowest BCUT2D eigenvalue weighted by Gasteiger charge is -2.08. The van der Waals surface area contributed by atoms with Crippen LogP contribution in [0.3, 0.4) is 0 Å².